The van der Waals surface area contributed by atoms with E-state index >= 15 is 0 Å². The summed E-state index contributed by atoms with van der Waals surface area (Å²) in [5.41, 5.74) is -0.0222. The average Bonchev–Trinajstić information content (AvgIpc) is 2.42. The van der Waals surface area contributed by atoms with Crippen molar-refractivity contribution in [1.29, 1.82) is 0 Å². The van der Waals surface area contributed by atoms with Crippen molar-refractivity contribution in [3.8, 4) is 0 Å². The molecule has 0 saturated heterocycles. The van der Waals surface area contributed by atoms with Gasteiger partial charge in [0.2, 0.25) is 10.0 Å². The summed E-state index contributed by atoms with van der Waals surface area (Å²) in [6.07, 6.45) is 1.65. The quantitative estimate of drug-likeness (QED) is 0.319. The molecule has 1 aromatic rings. The first-order valence-corrected chi connectivity index (χ1v) is 9.19. The van der Waals surface area contributed by atoms with Gasteiger partial charge in [-0.05, 0) is 31.9 Å². The van der Waals surface area contributed by atoms with Crippen LogP contribution >= 0.6 is 24.0 Å². The van der Waals surface area contributed by atoms with Gasteiger partial charge in [-0.15, -0.1) is 24.0 Å². The Morgan fingerprint density at radius 3 is 2.42 bits per heavy atom. The van der Waals surface area contributed by atoms with Crippen LogP contribution < -0.4 is 15.4 Å². The van der Waals surface area contributed by atoms with E-state index in [-0.39, 0.29) is 29.8 Å². The van der Waals surface area contributed by atoms with Crippen LogP contribution in [0.1, 0.15) is 19.4 Å². The third-order valence-corrected chi connectivity index (χ3v) is 3.95. The fourth-order valence-electron chi connectivity index (χ4n) is 2.08. The highest BCUT2D eigenvalue weighted by Crippen LogP contribution is 2.06. The summed E-state index contributed by atoms with van der Waals surface area (Å²) in [5.74, 6) is 0.306. The Balaban J connectivity index is 0.00000529. The molecule has 0 saturated carbocycles. The zero-order chi connectivity index (χ0) is 17.5. The highest BCUT2D eigenvalue weighted by Gasteiger charge is 2.22. The molecular weight excluding hydrogens is 446 g/mol. The van der Waals surface area contributed by atoms with E-state index in [1.807, 2.05) is 0 Å². The summed E-state index contributed by atoms with van der Waals surface area (Å²) < 4.78 is 38.7. The molecule has 6 nitrogen and oxygen atoms in total. The van der Waals surface area contributed by atoms with Crippen molar-refractivity contribution in [3.05, 3.63) is 35.6 Å². The minimum absolute atomic E-state index is 0. The first kappa shape index (κ1) is 23.1. The second kappa shape index (κ2) is 10.1. The minimum Gasteiger partial charge on any atom is -0.356 e. The molecule has 0 atom stereocenters. The van der Waals surface area contributed by atoms with Crippen molar-refractivity contribution < 1.29 is 12.8 Å². The Morgan fingerprint density at radius 1 is 1.25 bits per heavy atom. The second-order valence-electron chi connectivity index (χ2n) is 5.95. The van der Waals surface area contributed by atoms with Gasteiger partial charge in [-0.3, -0.25) is 4.99 Å². The van der Waals surface area contributed by atoms with Crippen molar-refractivity contribution in [3.63, 3.8) is 0 Å². The SMILES string of the molecule is CN=C(NCCc1ccccc1F)NCC(C)(C)NS(C)(=O)=O.I. The molecule has 0 heterocycles. The molecule has 0 aromatic heterocycles. The zero-order valence-electron chi connectivity index (χ0n) is 14.4. The number of nitrogens with zero attached hydrogens (tertiary/aromatic N) is 1. The van der Waals surface area contributed by atoms with Gasteiger partial charge in [0.25, 0.3) is 0 Å². The zero-order valence-corrected chi connectivity index (χ0v) is 17.5. The molecule has 0 bridgehead atoms. The van der Waals surface area contributed by atoms with Crippen LogP contribution in [0.3, 0.4) is 0 Å². The molecule has 0 aliphatic rings. The summed E-state index contributed by atoms with van der Waals surface area (Å²) in [7, 11) is -1.67. The molecule has 0 spiro atoms. The minimum atomic E-state index is -3.29. The normalized spacial score (nSPS) is 12.5. The standard InChI is InChI=1S/C15H25FN4O2S.HI/c1-15(2,20-23(4,21)22)11-19-14(17-3)18-10-9-12-7-5-6-8-13(12)16;/h5-8,20H,9-11H2,1-4H3,(H2,17,18,19);1H. The molecule has 0 radical (unpaired) electrons. The molecule has 24 heavy (non-hydrogen) atoms. The van der Waals surface area contributed by atoms with Gasteiger partial charge in [0, 0.05) is 25.7 Å². The Hall–Kier alpha value is -0.940. The lowest BCUT2D eigenvalue weighted by molar-refractivity contribution is 0.446. The summed E-state index contributed by atoms with van der Waals surface area (Å²) >= 11 is 0. The molecule has 1 rings (SSSR count). The Morgan fingerprint density at radius 2 is 1.88 bits per heavy atom. The van der Waals surface area contributed by atoms with Crippen LogP contribution in [0.4, 0.5) is 4.39 Å². The van der Waals surface area contributed by atoms with Crippen molar-refractivity contribution >= 4 is 40.0 Å². The lowest BCUT2D eigenvalue weighted by atomic mass is 10.1. The highest BCUT2D eigenvalue weighted by molar-refractivity contribution is 14.0. The third kappa shape index (κ3) is 9.38. The van der Waals surface area contributed by atoms with Gasteiger partial charge in [0.05, 0.1) is 6.26 Å². The lowest BCUT2D eigenvalue weighted by Gasteiger charge is -2.26. The molecule has 0 aliphatic carbocycles. The largest absolute Gasteiger partial charge is 0.356 e. The van der Waals surface area contributed by atoms with Gasteiger partial charge in [0.1, 0.15) is 5.82 Å². The predicted molar refractivity (Wildman–Crippen MR) is 107 cm³/mol. The Labute approximate surface area is 160 Å². The molecule has 0 aliphatic heterocycles. The van der Waals surface area contributed by atoms with Crippen LogP contribution in [-0.2, 0) is 16.4 Å². The maximum Gasteiger partial charge on any atom is 0.209 e. The van der Waals surface area contributed by atoms with E-state index in [1.54, 1.807) is 39.1 Å². The number of benzene rings is 1. The van der Waals surface area contributed by atoms with Gasteiger partial charge in [-0.1, -0.05) is 18.2 Å². The van der Waals surface area contributed by atoms with Gasteiger partial charge in [-0.2, -0.15) is 0 Å². The topological polar surface area (TPSA) is 82.6 Å². The van der Waals surface area contributed by atoms with Crippen LogP contribution in [0.25, 0.3) is 0 Å². The van der Waals surface area contributed by atoms with Gasteiger partial charge in [-0.25, -0.2) is 17.5 Å². The van der Waals surface area contributed by atoms with Crippen molar-refractivity contribution in [2.24, 2.45) is 4.99 Å². The van der Waals surface area contributed by atoms with Gasteiger partial charge < -0.3 is 10.6 Å². The molecule has 0 unspecified atom stereocenters. The van der Waals surface area contributed by atoms with E-state index in [0.717, 1.165) is 6.26 Å². The second-order valence-corrected chi connectivity index (χ2v) is 7.70. The molecule has 1 aromatic carbocycles. The summed E-state index contributed by atoms with van der Waals surface area (Å²) in [4.78, 5) is 4.06. The fourth-order valence-corrected chi connectivity index (χ4v) is 3.16. The number of guanidine groups is 1. The molecule has 138 valence electrons. The Kier molecular flexibility index (Phi) is 9.74. The van der Waals surface area contributed by atoms with Crippen molar-refractivity contribution in [2.45, 2.75) is 25.8 Å². The predicted octanol–water partition coefficient (Wildman–Crippen LogP) is 1.48. The van der Waals surface area contributed by atoms with E-state index < -0.39 is 15.6 Å². The number of sulfonamides is 1. The van der Waals surface area contributed by atoms with E-state index in [0.29, 0.717) is 31.0 Å². The maximum atomic E-state index is 13.5. The van der Waals surface area contributed by atoms with Gasteiger partial charge in [0.15, 0.2) is 5.96 Å². The number of nitrogens with one attached hydrogen (secondary N) is 3. The van der Waals surface area contributed by atoms with E-state index in [4.69, 9.17) is 0 Å². The monoisotopic (exact) mass is 472 g/mol. The summed E-state index contributed by atoms with van der Waals surface area (Å²) in [6.45, 7) is 4.42. The lowest BCUT2D eigenvalue weighted by Crippen LogP contribution is -2.53. The molecular formula is C15H26FIN4O2S. The van der Waals surface area contributed by atoms with Crippen molar-refractivity contribution in [2.75, 3.05) is 26.4 Å². The van der Waals surface area contributed by atoms with Gasteiger partial charge >= 0.3 is 0 Å². The molecule has 0 fully saturated rings. The van der Waals surface area contributed by atoms with Crippen LogP contribution in [-0.4, -0.2) is 46.3 Å². The van der Waals surface area contributed by atoms with Crippen LogP contribution in [0.5, 0.6) is 0 Å². The molecule has 0 amide bonds. The fraction of sp³-hybridized carbons (Fsp3) is 0.533. The first-order valence-electron chi connectivity index (χ1n) is 7.30. The Bertz CT molecular complexity index is 651. The first-order chi connectivity index (χ1) is 10.6. The van der Waals surface area contributed by atoms with Crippen LogP contribution in [0, 0.1) is 5.82 Å². The van der Waals surface area contributed by atoms with Crippen LogP contribution in [0.2, 0.25) is 0 Å². The summed E-state index contributed by atoms with van der Waals surface area (Å²) in [5, 5.41) is 6.13. The maximum absolute atomic E-state index is 13.5. The number of hydrogen-bond donors (Lipinski definition) is 3. The smallest absolute Gasteiger partial charge is 0.209 e. The number of hydrogen-bond acceptors (Lipinski definition) is 3. The molecule has 9 heteroatoms. The van der Waals surface area contributed by atoms with E-state index in [9.17, 15) is 12.8 Å². The average molecular weight is 472 g/mol. The molecule has 3 N–H and O–H groups in total. The number of halogens is 2. The number of aliphatic imine (C=N–C) groups is 1. The van der Waals surface area contributed by atoms with E-state index in [1.165, 1.54) is 6.07 Å². The highest BCUT2D eigenvalue weighted by atomic mass is 127. The van der Waals surface area contributed by atoms with Crippen LogP contribution in [0.15, 0.2) is 29.3 Å². The summed E-state index contributed by atoms with van der Waals surface area (Å²) in [6, 6.07) is 6.63. The number of rotatable bonds is 7. The van der Waals surface area contributed by atoms with E-state index in [2.05, 4.69) is 20.3 Å². The van der Waals surface area contributed by atoms with Crippen molar-refractivity contribution in [1.82, 2.24) is 15.4 Å². The third-order valence-electron chi connectivity index (χ3n) is 3.03.